The van der Waals surface area contributed by atoms with Gasteiger partial charge in [0.1, 0.15) is 5.75 Å². The zero-order valence-electron chi connectivity index (χ0n) is 22.8. The second-order valence-electron chi connectivity index (χ2n) is 10.3. The SMILES string of the molecule is Cc1ccncc1CN(c1ccc(OC(F)F)cc1)C1CCN([C@H](C)CCc2nccc(C)c2C(N)=O)CC1. The van der Waals surface area contributed by atoms with Gasteiger partial charge in [0.05, 0.1) is 11.3 Å². The maximum Gasteiger partial charge on any atom is 0.387 e. The first-order chi connectivity index (χ1) is 18.7. The van der Waals surface area contributed by atoms with Gasteiger partial charge >= 0.3 is 6.61 Å². The lowest BCUT2D eigenvalue weighted by Crippen LogP contribution is -2.47. The Morgan fingerprint density at radius 3 is 2.44 bits per heavy atom. The molecule has 4 rings (SSSR count). The first-order valence-corrected chi connectivity index (χ1v) is 13.4. The van der Waals surface area contributed by atoms with E-state index in [4.69, 9.17) is 5.73 Å². The fourth-order valence-corrected chi connectivity index (χ4v) is 5.40. The molecule has 1 saturated heterocycles. The molecule has 1 atom stereocenters. The fraction of sp³-hybridized carbons (Fsp3) is 0.433. The molecule has 2 N–H and O–H groups in total. The molecule has 2 aromatic heterocycles. The van der Waals surface area contributed by atoms with Crippen molar-refractivity contribution in [3.05, 3.63) is 82.9 Å². The molecule has 1 aliphatic rings. The van der Waals surface area contributed by atoms with Crippen molar-refractivity contribution in [3.8, 4) is 5.75 Å². The van der Waals surface area contributed by atoms with Crippen LogP contribution in [0.2, 0.25) is 0 Å². The van der Waals surface area contributed by atoms with Crippen molar-refractivity contribution >= 4 is 11.6 Å². The predicted octanol–water partition coefficient (Wildman–Crippen LogP) is 5.29. The topological polar surface area (TPSA) is 84.6 Å². The number of nitrogens with two attached hydrogens (primary N) is 1. The molecule has 1 fully saturated rings. The lowest BCUT2D eigenvalue weighted by atomic mass is 9.97. The molecule has 0 aliphatic carbocycles. The Hall–Kier alpha value is -3.59. The number of carbonyl (C=O) groups excluding carboxylic acids is 1. The molecular formula is C30H37F2N5O2. The van der Waals surface area contributed by atoms with Crippen LogP contribution < -0.4 is 15.4 Å². The molecule has 7 nitrogen and oxygen atoms in total. The number of rotatable bonds is 11. The van der Waals surface area contributed by atoms with Crippen LogP contribution in [0.1, 0.15) is 58.9 Å². The second kappa shape index (κ2) is 13.0. The lowest BCUT2D eigenvalue weighted by Gasteiger charge is -2.42. The normalized spacial score (nSPS) is 15.3. The molecular weight excluding hydrogens is 500 g/mol. The number of halogens is 2. The number of anilines is 1. The first kappa shape index (κ1) is 28.4. The van der Waals surface area contributed by atoms with Gasteiger partial charge < -0.3 is 20.3 Å². The largest absolute Gasteiger partial charge is 0.435 e. The number of pyridine rings is 2. The van der Waals surface area contributed by atoms with Crippen molar-refractivity contribution in [2.45, 2.75) is 71.7 Å². The van der Waals surface area contributed by atoms with E-state index in [9.17, 15) is 13.6 Å². The van der Waals surface area contributed by atoms with E-state index in [1.807, 2.05) is 37.4 Å². The maximum absolute atomic E-state index is 12.7. The molecule has 3 aromatic rings. The monoisotopic (exact) mass is 537 g/mol. The second-order valence-corrected chi connectivity index (χ2v) is 10.3. The summed E-state index contributed by atoms with van der Waals surface area (Å²) in [7, 11) is 0. The number of primary amides is 1. The number of hydrogen-bond acceptors (Lipinski definition) is 6. The third kappa shape index (κ3) is 7.29. The zero-order chi connectivity index (χ0) is 27.9. The predicted molar refractivity (Wildman–Crippen MR) is 148 cm³/mol. The number of hydrogen-bond donors (Lipinski definition) is 1. The van der Waals surface area contributed by atoms with Crippen LogP contribution in [0.4, 0.5) is 14.5 Å². The number of aryl methyl sites for hydroxylation is 3. The summed E-state index contributed by atoms with van der Waals surface area (Å²) in [5.74, 6) is -0.278. The number of aromatic nitrogens is 2. The van der Waals surface area contributed by atoms with Gasteiger partial charge in [-0.05, 0) is 99.5 Å². The molecule has 1 aromatic carbocycles. The van der Waals surface area contributed by atoms with Gasteiger partial charge in [-0.3, -0.25) is 14.8 Å². The number of ether oxygens (including phenoxy) is 1. The highest BCUT2D eigenvalue weighted by atomic mass is 19.3. The smallest absolute Gasteiger partial charge is 0.387 e. The Balaban J connectivity index is 1.42. The van der Waals surface area contributed by atoms with Crippen LogP contribution in [0.3, 0.4) is 0 Å². The Kier molecular flexibility index (Phi) is 9.45. The molecule has 208 valence electrons. The summed E-state index contributed by atoms with van der Waals surface area (Å²) >= 11 is 0. The number of benzene rings is 1. The van der Waals surface area contributed by atoms with Gasteiger partial charge in [-0.2, -0.15) is 8.78 Å². The molecule has 0 saturated carbocycles. The van der Waals surface area contributed by atoms with E-state index >= 15 is 0 Å². The molecule has 1 amide bonds. The van der Waals surface area contributed by atoms with Crippen molar-refractivity contribution < 1.29 is 18.3 Å². The van der Waals surface area contributed by atoms with E-state index in [0.717, 1.165) is 54.9 Å². The summed E-state index contributed by atoms with van der Waals surface area (Å²) in [6.45, 7) is 5.89. The highest BCUT2D eigenvalue weighted by molar-refractivity contribution is 5.95. The zero-order valence-corrected chi connectivity index (χ0v) is 22.8. The quantitative estimate of drug-likeness (QED) is 0.358. The number of alkyl halides is 2. The summed E-state index contributed by atoms with van der Waals surface area (Å²) in [5.41, 5.74) is 11.0. The highest BCUT2D eigenvalue weighted by Gasteiger charge is 2.28. The van der Waals surface area contributed by atoms with Crippen molar-refractivity contribution in [2.24, 2.45) is 5.73 Å². The van der Waals surface area contributed by atoms with Gasteiger partial charge in [-0.1, -0.05) is 0 Å². The summed E-state index contributed by atoms with van der Waals surface area (Å²) in [6.07, 6.45) is 8.93. The summed E-state index contributed by atoms with van der Waals surface area (Å²) < 4.78 is 29.9. The molecule has 3 heterocycles. The Labute approximate surface area is 229 Å². The summed E-state index contributed by atoms with van der Waals surface area (Å²) in [6, 6.07) is 11.3. The average molecular weight is 538 g/mol. The minimum Gasteiger partial charge on any atom is -0.435 e. The molecule has 0 radical (unpaired) electrons. The van der Waals surface area contributed by atoms with Crippen LogP contribution in [0.15, 0.2) is 55.0 Å². The van der Waals surface area contributed by atoms with E-state index in [1.54, 1.807) is 24.5 Å². The van der Waals surface area contributed by atoms with Gasteiger partial charge in [-0.25, -0.2) is 0 Å². The minimum atomic E-state index is -2.85. The van der Waals surface area contributed by atoms with Crippen molar-refractivity contribution in [1.29, 1.82) is 0 Å². The van der Waals surface area contributed by atoms with Crippen LogP contribution in [0.5, 0.6) is 5.75 Å². The van der Waals surface area contributed by atoms with Crippen molar-refractivity contribution in [2.75, 3.05) is 18.0 Å². The van der Waals surface area contributed by atoms with Crippen LogP contribution in [0, 0.1) is 13.8 Å². The molecule has 0 bridgehead atoms. The molecule has 0 spiro atoms. The minimum absolute atomic E-state index is 0.150. The van der Waals surface area contributed by atoms with E-state index < -0.39 is 12.5 Å². The highest BCUT2D eigenvalue weighted by Crippen LogP contribution is 2.29. The van der Waals surface area contributed by atoms with Gasteiger partial charge in [0.2, 0.25) is 0 Å². The summed E-state index contributed by atoms with van der Waals surface area (Å²) in [4.78, 5) is 25.5. The fourth-order valence-electron chi connectivity index (χ4n) is 5.40. The number of piperidine rings is 1. The van der Waals surface area contributed by atoms with E-state index in [1.165, 1.54) is 5.56 Å². The molecule has 0 unspecified atom stereocenters. The molecule has 9 heteroatoms. The summed E-state index contributed by atoms with van der Waals surface area (Å²) in [5, 5.41) is 0. The number of carbonyl (C=O) groups is 1. The van der Waals surface area contributed by atoms with Gasteiger partial charge in [0.25, 0.3) is 5.91 Å². The third-order valence-electron chi connectivity index (χ3n) is 7.73. The standard InChI is InChI=1S/C30H37F2N5O2/c1-20-10-14-34-18-23(20)19-37(24-5-7-26(8-6-24)39-30(31)32)25-12-16-36(17-13-25)22(3)4-9-27-28(29(33)38)21(2)11-15-35-27/h5-8,10-11,14-15,18,22,25,30H,4,9,12-13,16-17,19H2,1-3H3,(H2,33,38)/t22-/m1/s1. The van der Waals surface area contributed by atoms with Crippen LogP contribution >= 0.6 is 0 Å². The number of amides is 1. The average Bonchev–Trinajstić information content (AvgIpc) is 2.91. The Morgan fingerprint density at radius 2 is 1.79 bits per heavy atom. The Morgan fingerprint density at radius 1 is 1.10 bits per heavy atom. The molecule has 39 heavy (non-hydrogen) atoms. The van der Waals surface area contributed by atoms with Crippen LogP contribution in [-0.2, 0) is 13.0 Å². The van der Waals surface area contributed by atoms with E-state index in [0.29, 0.717) is 24.6 Å². The van der Waals surface area contributed by atoms with E-state index in [-0.39, 0.29) is 11.8 Å². The first-order valence-electron chi connectivity index (χ1n) is 13.4. The number of likely N-dealkylation sites (tertiary alicyclic amines) is 1. The van der Waals surface area contributed by atoms with Crippen molar-refractivity contribution in [1.82, 2.24) is 14.9 Å². The van der Waals surface area contributed by atoms with Gasteiger partial charge in [-0.15, -0.1) is 0 Å². The third-order valence-corrected chi connectivity index (χ3v) is 7.73. The van der Waals surface area contributed by atoms with Gasteiger partial charge in [0, 0.05) is 56.0 Å². The number of nitrogens with zero attached hydrogens (tertiary/aromatic N) is 4. The Bertz CT molecular complexity index is 1250. The lowest BCUT2D eigenvalue weighted by molar-refractivity contribution is -0.0498. The molecule has 1 aliphatic heterocycles. The maximum atomic E-state index is 12.7. The van der Waals surface area contributed by atoms with Crippen LogP contribution in [-0.4, -0.2) is 52.6 Å². The van der Waals surface area contributed by atoms with Crippen molar-refractivity contribution in [3.63, 3.8) is 0 Å². The van der Waals surface area contributed by atoms with E-state index in [2.05, 4.69) is 38.4 Å². The van der Waals surface area contributed by atoms with Gasteiger partial charge in [0.15, 0.2) is 0 Å². The van der Waals surface area contributed by atoms with Crippen LogP contribution in [0.25, 0.3) is 0 Å².